The number of aliphatic hydroxyl groups excluding tert-OH is 1. The minimum Gasteiger partial charge on any atom is -0.394 e. The first-order valence-corrected chi connectivity index (χ1v) is 8.19. The van der Waals surface area contributed by atoms with Crippen LogP contribution in [0.25, 0.3) is 0 Å². The van der Waals surface area contributed by atoms with Crippen molar-refractivity contribution in [1.29, 1.82) is 0 Å². The molecule has 2 aromatic rings. The Morgan fingerprint density at radius 3 is 2.38 bits per heavy atom. The zero-order chi connectivity index (χ0) is 15.5. The van der Waals surface area contributed by atoms with Crippen molar-refractivity contribution in [2.45, 2.75) is 17.4 Å². The molecule has 2 rings (SSSR count). The molecule has 0 amide bonds. The average Bonchev–Trinajstić information content (AvgIpc) is 2.47. The van der Waals surface area contributed by atoms with Crippen LogP contribution in [0, 0.1) is 0 Å². The van der Waals surface area contributed by atoms with E-state index in [4.69, 9.17) is 11.6 Å². The maximum atomic E-state index is 12.5. The van der Waals surface area contributed by atoms with Crippen LogP contribution < -0.4 is 4.72 Å². The van der Waals surface area contributed by atoms with E-state index < -0.39 is 15.6 Å². The highest BCUT2D eigenvalue weighted by atomic mass is 35.5. The number of rotatable bonds is 5. The van der Waals surface area contributed by atoms with Gasteiger partial charge in [-0.05, 0) is 30.7 Å². The first-order chi connectivity index (χ1) is 9.87. The van der Waals surface area contributed by atoms with Crippen molar-refractivity contribution in [3.8, 4) is 0 Å². The standard InChI is InChI=1S/C15H16ClNO3S/c1-15(11-18,12-6-3-2-4-7-12)17-21(19,20)14-9-5-8-13(16)10-14/h2-10,17-18H,11H2,1H3. The van der Waals surface area contributed by atoms with Gasteiger partial charge in [0.05, 0.1) is 17.0 Å². The molecule has 0 aromatic heterocycles. The van der Waals surface area contributed by atoms with Gasteiger partial charge >= 0.3 is 0 Å². The summed E-state index contributed by atoms with van der Waals surface area (Å²) in [6.07, 6.45) is 0. The van der Waals surface area contributed by atoms with Gasteiger partial charge in [-0.3, -0.25) is 0 Å². The molecule has 0 saturated carbocycles. The van der Waals surface area contributed by atoms with Gasteiger partial charge in [0.2, 0.25) is 10.0 Å². The summed E-state index contributed by atoms with van der Waals surface area (Å²) in [6, 6.07) is 14.9. The van der Waals surface area contributed by atoms with Crippen molar-refractivity contribution < 1.29 is 13.5 Å². The van der Waals surface area contributed by atoms with Gasteiger partial charge in [0.25, 0.3) is 0 Å². The fourth-order valence-electron chi connectivity index (χ4n) is 1.98. The lowest BCUT2D eigenvalue weighted by Gasteiger charge is -2.29. The van der Waals surface area contributed by atoms with Crippen LogP contribution in [0.5, 0.6) is 0 Å². The topological polar surface area (TPSA) is 66.4 Å². The Bertz CT molecular complexity index is 719. The average molecular weight is 326 g/mol. The Hall–Kier alpha value is -1.40. The summed E-state index contributed by atoms with van der Waals surface area (Å²) in [5.41, 5.74) is -0.430. The predicted octanol–water partition coefficient (Wildman–Crippen LogP) is 2.53. The van der Waals surface area contributed by atoms with E-state index in [-0.39, 0.29) is 11.5 Å². The Labute approximate surface area is 129 Å². The smallest absolute Gasteiger partial charge is 0.241 e. The van der Waals surface area contributed by atoms with Crippen LogP contribution >= 0.6 is 11.6 Å². The molecule has 0 aliphatic carbocycles. The van der Waals surface area contributed by atoms with Crippen LogP contribution in [0.3, 0.4) is 0 Å². The van der Waals surface area contributed by atoms with Crippen LogP contribution in [0.15, 0.2) is 59.5 Å². The maximum Gasteiger partial charge on any atom is 0.241 e. The van der Waals surface area contributed by atoms with Gasteiger partial charge < -0.3 is 5.11 Å². The van der Waals surface area contributed by atoms with Crippen LogP contribution in [-0.2, 0) is 15.6 Å². The zero-order valence-electron chi connectivity index (χ0n) is 11.5. The number of hydrogen-bond acceptors (Lipinski definition) is 3. The SMILES string of the molecule is CC(CO)(NS(=O)(=O)c1cccc(Cl)c1)c1ccccc1. The molecule has 21 heavy (non-hydrogen) atoms. The Kier molecular flexibility index (Phi) is 4.68. The first-order valence-electron chi connectivity index (χ1n) is 6.33. The molecule has 2 aromatic carbocycles. The third-order valence-corrected chi connectivity index (χ3v) is 5.02. The van der Waals surface area contributed by atoms with E-state index in [0.717, 1.165) is 0 Å². The summed E-state index contributed by atoms with van der Waals surface area (Å²) >= 11 is 5.83. The second-order valence-corrected chi connectivity index (χ2v) is 7.04. The molecule has 2 N–H and O–H groups in total. The number of nitrogens with one attached hydrogen (secondary N) is 1. The second kappa shape index (κ2) is 6.15. The van der Waals surface area contributed by atoms with Crippen molar-refractivity contribution in [3.05, 3.63) is 65.2 Å². The summed E-state index contributed by atoms with van der Waals surface area (Å²) in [7, 11) is -3.80. The van der Waals surface area contributed by atoms with E-state index in [2.05, 4.69) is 4.72 Å². The van der Waals surface area contributed by atoms with Crippen molar-refractivity contribution in [1.82, 2.24) is 4.72 Å². The van der Waals surface area contributed by atoms with Crippen molar-refractivity contribution in [2.75, 3.05) is 6.61 Å². The summed E-state index contributed by atoms with van der Waals surface area (Å²) in [4.78, 5) is 0.0607. The fraction of sp³-hybridized carbons (Fsp3) is 0.200. The van der Waals surface area contributed by atoms with E-state index in [0.29, 0.717) is 10.6 Å². The Morgan fingerprint density at radius 1 is 1.14 bits per heavy atom. The van der Waals surface area contributed by atoms with Crippen LogP contribution in [-0.4, -0.2) is 20.1 Å². The lowest BCUT2D eigenvalue weighted by molar-refractivity contribution is 0.196. The molecule has 4 nitrogen and oxygen atoms in total. The minimum atomic E-state index is -3.80. The highest BCUT2D eigenvalue weighted by molar-refractivity contribution is 7.89. The Balaban J connectivity index is 2.38. The third-order valence-electron chi connectivity index (χ3n) is 3.19. The van der Waals surface area contributed by atoms with Crippen molar-refractivity contribution in [3.63, 3.8) is 0 Å². The molecule has 0 radical (unpaired) electrons. The molecule has 0 saturated heterocycles. The lowest BCUT2D eigenvalue weighted by Crippen LogP contribution is -2.46. The van der Waals surface area contributed by atoms with E-state index in [9.17, 15) is 13.5 Å². The van der Waals surface area contributed by atoms with Gasteiger partial charge in [-0.15, -0.1) is 0 Å². The van der Waals surface area contributed by atoms with Crippen LogP contribution in [0.4, 0.5) is 0 Å². The van der Waals surface area contributed by atoms with E-state index in [1.165, 1.54) is 12.1 Å². The molecule has 0 bridgehead atoms. The first kappa shape index (κ1) is 16.0. The third kappa shape index (κ3) is 3.63. The highest BCUT2D eigenvalue weighted by Crippen LogP contribution is 2.24. The molecular formula is C15H16ClNO3S. The van der Waals surface area contributed by atoms with Gasteiger partial charge in [-0.1, -0.05) is 48.0 Å². The van der Waals surface area contributed by atoms with E-state index in [1.54, 1.807) is 43.3 Å². The maximum absolute atomic E-state index is 12.5. The zero-order valence-corrected chi connectivity index (χ0v) is 13.0. The normalized spacial score (nSPS) is 14.6. The number of hydrogen-bond donors (Lipinski definition) is 2. The molecule has 6 heteroatoms. The van der Waals surface area contributed by atoms with Crippen LogP contribution in [0.1, 0.15) is 12.5 Å². The molecule has 1 unspecified atom stereocenters. The second-order valence-electron chi connectivity index (χ2n) is 4.92. The van der Waals surface area contributed by atoms with Gasteiger partial charge in [0.1, 0.15) is 0 Å². The molecule has 1 atom stereocenters. The van der Waals surface area contributed by atoms with Crippen molar-refractivity contribution in [2.24, 2.45) is 0 Å². The van der Waals surface area contributed by atoms with E-state index >= 15 is 0 Å². The van der Waals surface area contributed by atoms with Gasteiger partial charge in [0, 0.05) is 5.02 Å². The van der Waals surface area contributed by atoms with Crippen LogP contribution in [0.2, 0.25) is 5.02 Å². The number of benzene rings is 2. The van der Waals surface area contributed by atoms with Gasteiger partial charge in [0.15, 0.2) is 0 Å². The molecular weight excluding hydrogens is 310 g/mol. The number of aliphatic hydroxyl groups is 1. The summed E-state index contributed by atoms with van der Waals surface area (Å²) < 4.78 is 27.4. The van der Waals surface area contributed by atoms with Gasteiger partial charge in [-0.2, -0.15) is 4.72 Å². The molecule has 0 heterocycles. The monoisotopic (exact) mass is 325 g/mol. The van der Waals surface area contributed by atoms with E-state index in [1.807, 2.05) is 6.07 Å². The number of sulfonamides is 1. The largest absolute Gasteiger partial charge is 0.394 e. The highest BCUT2D eigenvalue weighted by Gasteiger charge is 2.31. The lowest BCUT2D eigenvalue weighted by atomic mass is 9.94. The van der Waals surface area contributed by atoms with Crippen molar-refractivity contribution >= 4 is 21.6 Å². The molecule has 0 aliphatic rings. The molecule has 0 aliphatic heterocycles. The fourth-order valence-corrected chi connectivity index (χ4v) is 3.67. The molecule has 0 fully saturated rings. The minimum absolute atomic E-state index is 0.0607. The Morgan fingerprint density at radius 2 is 1.81 bits per heavy atom. The summed E-state index contributed by atoms with van der Waals surface area (Å²) in [5.74, 6) is 0. The molecule has 112 valence electrons. The molecule has 0 spiro atoms. The predicted molar refractivity (Wildman–Crippen MR) is 82.7 cm³/mol. The quantitative estimate of drug-likeness (QED) is 0.887. The number of halogens is 1. The van der Waals surface area contributed by atoms with Gasteiger partial charge in [-0.25, -0.2) is 8.42 Å². The summed E-state index contributed by atoms with van der Waals surface area (Å²) in [6.45, 7) is 1.27. The summed E-state index contributed by atoms with van der Waals surface area (Å²) in [5, 5.41) is 9.99.